The van der Waals surface area contributed by atoms with E-state index in [-0.39, 0.29) is 10.3 Å². The van der Waals surface area contributed by atoms with Crippen LogP contribution in [0.5, 0.6) is 0 Å². The van der Waals surface area contributed by atoms with Gasteiger partial charge in [0.15, 0.2) is 0 Å². The molecular weight excluding hydrogens is 354 g/mol. The molecule has 0 fully saturated rings. The quantitative estimate of drug-likeness (QED) is 0.884. The van der Waals surface area contributed by atoms with E-state index in [1.807, 2.05) is 18.2 Å². The van der Waals surface area contributed by atoms with Gasteiger partial charge < -0.3 is 0 Å². The maximum Gasteiger partial charge on any atom is 0.267 e. The third-order valence-corrected chi connectivity index (χ3v) is 6.36. The van der Waals surface area contributed by atoms with Gasteiger partial charge in [-0.3, -0.25) is 9.40 Å². The van der Waals surface area contributed by atoms with Gasteiger partial charge >= 0.3 is 0 Å². The smallest absolute Gasteiger partial charge is 0.267 e. The van der Waals surface area contributed by atoms with Crippen molar-refractivity contribution in [2.24, 2.45) is 0 Å². The molecule has 2 aromatic rings. The number of fused-ring (bicyclic) bond motifs is 1. The molecule has 3 rings (SSSR count). The number of nitrogens with one attached hydrogen (secondary N) is 1. The number of rotatable bonds is 2. The Balaban J connectivity index is 2.22. The molecule has 0 aliphatic carbocycles. The Morgan fingerprint density at radius 3 is 2.71 bits per heavy atom. The summed E-state index contributed by atoms with van der Waals surface area (Å²) in [5.41, 5.74) is 2.07. The van der Waals surface area contributed by atoms with Crippen LogP contribution in [-0.4, -0.2) is 25.2 Å². The lowest BCUT2D eigenvalue weighted by molar-refractivity contribution is 0.554. The lowest BCUT2D eigenvalue weighted by atomic mass is 9.87. The molecule has 7 heteroatoms. The van der Waals surface area contributed by atoms with Crippen molar-refractivity contribution in [1.82, 2.24) is 10.2 Å². The fourth-order valence-corrected chi connectivity index (χ4v) is 5.25. The highest BCUT2D eigenvalue weighted by molar-refractivity contribution is 9.10. The average Bonchev–Trinajstić information content (AvgIpc) is 2.93. The topological polar surface area (TPSA) is 66.1 Å². The maximum atomic E-state index is 13.0. The van der Waals surface area contributed by atoms with Crippen LogP contribution in [0, 0.1) is 6.92 Å². The van der Waals surface area contributed by atoms with Crippen molar-refractivity contribution in [1.29, 1.82) is 0 Å². The second-order valence-corrected chi connectivity index (χ2v) is 8.58. The molecule has 0 radical (unpaired) electrons. The van der Waals surface area contributed by atoms with Crippen molar-refractivity contribution in [3.8, 4) is 0 Å². The molecule has 1 aliphatic rings. The van der Waals surface area contributed by atoms with Crippen molar-refractivity contribution in [2.45, 2.75) is 31.1 Å². The number of aromatic nitrogens is 2. The molecule has 1 aromatic heterocycles. The predicted molar refractivity (Wildman–Crippen MR) is 85.0 cm³/mol. The molecule has 1 N–H and O–H groups in total. The van der Waals surface area contributed by atoms with Crippen molar-refractivity contribution >= 4 is 31.6 Å². The number of aromatic amines is 1. The lowest BCUT2D eigenvalue weighted by Crippen LogP contribution is -2.34. The Bertz CT molecular complexity index is 811. The molecule has 0 saturated heterocycles. The van der Waals surface area contributed by atoms with Crippen LogP contribution in [0.1, 0.15) is 25.1 Å². The number of hydrogen-bond acceptors (Lipinski definition) is 3. The predicted octanol–water partition coefficient (Wildman–Crippen LogP) is 2.97. The number of hydrogen-bond donors (Lipinski definition) is 1. The van der Waals surface area contributed by atoms with E-state index in [4.69, 9.17) is 0 Å². The number of sulfonamides is 1. The van der Waals surface area contributed by atoms with Gasteiger partial charge in [0.05, 0.1) is 17.6 Å². The van der Waals surface area contributed by atoms with E-state index in [1.165, 1.54) is 10.5 Å². The van der Waals surface area contributed by atoms with Gasteiger partial charge in [0.25, 0.3) is 10.0 Å². The fraction of sp³-hybridized carbons (Fsp3) is 0.357. The van der Waals surface area contributed by atoms with Gasteiger partial charge in [-0.2, -0.15) is 5.10 Å². The first-order valence-corrected chi connectivity index (χ1v) is 8.80. The molecule has 0 saturated carbocycles. The summed E-state index contributed by atoms with van der Waals surface area (Å²) in [5.74, 6) is 0. The van der Waals surface area contributed by atoms with Gasteiger partial charge in [0.1, 0.15) is 4.90 Å². The van der Waals surface area contributed by atoms with Crippen LogP contribution >= 0.6 is 15.9 Å². The first-order valence-electron chi connectivity index (χ1n) is 6.57. The highest BCUT2D eigenvalue weighted by atomic mass is 79.9. The molecule has 1 aromatic carbocycles. The van der Waals surface area contributed by atoms with Crippen LogP contribution in [0.2, 0.25) is 0 Å². The molecule has 2 heterocycles. The third-order valence-electron chi connectivity index (χ3n) is 3.86. The number of benzene rings is 1. The average molecular weight is 370 g/mol. The zero-order chi connectivity index (χ0) is 15.4. The summed E-state index contributed by atoms with van der Waals surface area (Å²) in [5, 5.41) is 6.52. The second kappa shape index (κ2) is 4.58. The first kappa shape index (κ1) is 14.6. The summed E-state index contributed by atoms with van der Waals surface area (Å²) in [4.78, 5) is 0.224. The van der Waals surface area contributed by atoms with E-state index in [0.29, 0.717) is 12.2 Å². The minimum absolute atomic E-state index is 0.224. The summed E-state index contributed by atoms with van der Waals surface area (Å²) in [6.45, 7) is 6.23. The van der Waals surface area contributed by atoms with Crippen molar-refractivity contribution < 1.29 is 8.42 Å². The number of aryl methyl sites for hydroxylation is 1. The number of nitrogens with zero attached hydrogens (tertiary/aromatic N) is 2. The molecule has 21 heavy (non-hydrogen) atoms. The largest absolute Gasteiger partial charge is 0.281 e. The molecule has 0 bridgehead atoms. The molecule has 0 spiro atoms. The third kappa shape index (κ3) is 2.10. The number of H-pyrrole nitrogens is 1. The summed E-state index contributed by atoms with van der Waals surface area (Å²) >= 11 is 3.48. The molecule has 5 nitrogen and oxygen atoms in total. The highest BCUT2D eigenvalue weighted by Crippen LogP contribution is 2.46. The van der Waals surface area contributed by atoms with Gasteiger partial charge in [-0.05, 0) is 34.5 Å². The second-order valence-electron chi connectivity index (χ2n) is 5.89. The summed E-state index contributed by atoms with van der Waals surface area (Å²) in [6.07, 6.45) is 1.37. The molecule has 1 aliphatic heterocycles. The normalized spacial score (nSPS) is 17.0. The molecule has 0 unspecified atom stereocenters. The molecular formula is C14H16BrN3O2S. The Morgan fingerprint density at radius 1 is 1.38 bits per heavy atom. The summed E-state index contributed by atoms with van der Waals surface area (Å²) in [6, 6.07) is 5.78. The van der Waals surface area contributed by atoms with E-state index in [1.54, 1.807) is 6.92 Å². The first-order chi connectivity index (χ1) is 9.75. The standard InChI is InChI=1S/C14H16BrN3O2S/c1-9-12(7-16-17-9)21(19,20)18-8-14(2,3)10-5-4-6-11(15)13(10)18/h4-7H,8H2,1-3H3,(H,16,17). The fourth-order valence-electron chi connectivity index (χ4n) is 2.76. The van der Waals surface area contributed by atoms with Gasteiger partial charge in [0.2, 0.25) is 0 Å². The lowest BCUT2D eigenvalue weighted by Gasteiger charge is -2.22. The zero-order valence-electron chi connectivity index (χ0n) is 12.0. The van der Waals surface area contributed by atoms with Crippen LogP contribution in [0.25, 0.3) is 0 Å². The minimum atomic E-state index is -3.62. The summed E-state index contributed by atoms with van der Waals surface area (Å²) in [7, 11) is -3.62. The monoisotopic (exact) mass is 369 g/mol. The maximum absolute atomic E-state index is 13.0. The highest BCUT2D eigenvalue weighted by Gasteiger charge is 2.42. The van der Waals surface area contributed by atoms with E-state index in [9.17, 15) is 8.42 Å². The van der Waals surface area contributed by atoms with Gasteiger partial charge in [-0.15, -0.1) is 0 Å². The Labute approximate surface area is 132 Å². The Hall–Kier alpha value is -1.34. The van der Waals surface area contributed by atoms with Crippen LogP contribution in [0.4, 0.5) is 5.69 Å². The Kier molecular flexibility index (Phi) is 3.18. The van der Waals surface area contributed by atoms with Gasteiger partial charge in [0, 0.05) is 16.4 Å². The van der Waals surface area contributed by atoms with Crippen LogP contribution in [0.15, 0.2) is 33.8 Å². The molecule has 0 amide bonds. The summed E-state index contributed by atoms with van der Waals surface area (Å²) < 4.78 is 28.2. The van der Waals surface area contributed by atoms with Crippen LogP contribution < -0.4 is 4.31 Å². The number of anilines is 1. The Morgan fingerprint density at radius 2 is 2.10 bits per heavy atom. The molecule has 0 atom stereocenters. The van der Waals surface area contributed by atoms with Gasteiger partial charge in [-0.1, -0.05) is 26.0 Å². The van der Waals surface area contributed by atoms with Crippen LogP contribution in [-0.2, 0) is 15.4 Å². The number of para-hydroxylation sites is 1. The van der Waals surface area contributed by atoms with E-state index in [2.05, 4.69) is 40.0 Å². The van der Waals surface area contributed by atoms with E-state index < -0.39 is 10.0 Å². The van der Waals surface area contributed by atoms with Gasteiger partial charge in [-0.25, -0.2) is 8.42 Å². The van der Waals surface area contributed by atoms with Crippen LogP contribution in [0.3, 0.4) is 0 Å². The van der Waals surface area contributed by atoms with E-state index in [0.717, 1.165) is 15.7 Å². The molecule has 112 valence electrons. The zero-order valence-corrected chi connectivity index (χ0v) is 14.4. The van der Waals surface area contributed by atoms with Crippen molar-refractivity contribution in [2.75, 3.05) is 10.8 Å². The minimum Gasteiger partial charge on any atom is -0.281 e. The SMILES string of the molecule is Cc1[nH]ncc1S(=O)(=O)N1CC(C)(C)c2cccc(Br)c21. The van der Waals surface area contributed by atoms with Crippen molar-refractivity contribution in [3.05, 3.63) is 40.1 Å². The van der Waals surface area contributed by atoms with E-state index >= 15 is 0 Å². The number of halogens is 1. The van der Waals surface area contributed by atoms with Crippen molar-refractivity contribution in [3.63, 3.8) is 0 Å².